The minimum Gasteiger partial charge on any atom is -0.407 e. The average Bonchev–Trinajstić information content (AvgIpc) is 2.40. The number of allylic oxidation sites excluding steroid dienone is 2. The second-order valence-corrected chi connectivity index (χ2v) is 3.16. The van der Waals surface area contributed by atoms with Gasteiger partial charge >= 0.3 is 5.97 Å². The van der Waals surface area contributed by atoms with Crippen molar-refractivity contribution in [3.63, 3.8) is 0 Å². The molecule has 1 aliphatic heterocycles. The van der Waals surface area contributed by atoms with Gasteiger partial charge in [0.25, 0.3) is 0 Å². The van der Waals surface area contributed by atoms with Crippen LogP contribution < -0.4 is 0 Å². The Bertz CT molecular complexity index is 194. The van der Waals surface area contributed by atoms with Crippen molar-refractivity contribution in [2.75, 3.05) is 0 Å². The normalized spacial score (nSPS) is 17.4. The first-order valence-corrected chi connectivity index (χ1v) is 4.20. The molecule has 1 rings (SSSR count). The van der Waals surface area contributed by atoms with Crippen LogP contribution in [-0.2, 0) is 8.98 Å². The minimum atomic E-state index is -0.772. The first kappa shape index (κ1) is 7.15. The van der Waals surface area contributed by atoms with Crippen molar-refractivity contribution in [1.82, 2.24) is 0 Å². The highest BCUT2D eigenvalue weighted by molar-refractivity contribution is 8.18. The quantitative estimate of drug-likeness (QED) is 0.486. The van der Waals surface area contributed by atoms with Gasteiger partial charge in [-0.25, -0.2) is 4.79 Å². The van der Waals surface area contributed by atoms with Crippen LogP contribution in [-0.4, -0.2) is 5.97 Å². The fourth-order valence-electron chi connectivity index (χ4n) is 0.521. The summed E-state index contributed by atoms with van der Waals surface area (Å²) >= 11 is -0.772. The third kappa shape index (κ3) is 1.77. The van der Waals surface area contributed by atoms with Crippen LogP contribution in [0.5, 0.6) is 0 Å². The van der Waals surface area contributed by atoms with E-state index in [9.17, 15) is 4.79 Å². The Labute approximate surface area is 62.4 Å². The Morgan fingerprint density at radius 2 is 2.10 bits per heavy atom. The summed E-state index contributed by atoms with van der Waals surface area (Å²) in [5.41, 5.74) is 0. The second-order valence-electron chi connectivity index (χ2n) is 1.66. The van der Waals surface area contributed by atoms with Gasteiger partial charge in [-0.1, -0.05) is 29.9 Å². The number of rotatable bonds is 2. The molecule has 0 fully saturated rings. The lowest BCUT2D eigenvalue weighted by Gasteiger charge is -2.07. The third-order valence-corrected chi connectivity index (χ3v) is 2.26. The Morgan fingerprint density at radius 1 is 1.50 bits per heavy atom. The lowest BCUT2D eigenvalue weighted by Crippen LogP contribution is -1.93. The van der Waals surface area contributed by atoms with Crippen molar-refractivity contribution in [3.8, 4) is 0 Å². The standard InChI is InChI=1S/C7H8O2S/c1-2-7(8)9-10-5-3-4-6-10/h2-6,10H,1H2. The summed E-state index contributed by atoms with van der Waals surface area (Å²) in [7, 11) is 0. The molecular weight excluding hydrogens is 148 g/mol. The first-order valence-electron chi connectivity index (χ1n) is 2.80. The van der Waals surface area contributed by atoms with Crippen molar-refractivity contribution in [3.05, 3.63) is 35.6 Å². The third-order valence-electron chi connectivity index (χ3n) is 0.939. The molecule has 0 aliphatic carbocycles. The number of carbonyl (C=O) groups excluding carboxylic acids is 1. The monoisotopic (exact) mass is 156 g/mol. The molecule has 0 amide bonds. The molecule has 0 bridgehead atoms. The van der Waals surface area contributed by atoms with Crippen LogP contribution in [0.25, 0.3) is 0 Å². The number of hydrogen-bond acceptors (Lipinski definition) is 2. The van der Waals surface area contributed by atoms with Gasteiger partial charge in [0.15, 0.2) is 0 Å². The molecule has 2 nitrogen and oxygen atoms in total. The molecule has 1 heterocycles. The molecule has 0 N–H and O–H groups in total. The molecule has 0 aromatic heterocycles. The summed E-state index contributed by atoms with van der Waals surface area (Å²) in [6.07, 6.45) is 4.90. The Kier molecular flexibility index (Phi) is 2.34. The zero-order valence-corrected chi connectivity index (χ0v) is 6.25. The van der Waals surface area contributed by atoms with E-state index in [-0.39, 0.29) is 5.97 Å². The minimum absolute atomic E-state index is 0.359. The van der Waals surface area contributed by atoms with Crippen LogP contribution >= 0.6 is 11.2 Å². The van der Waals surface area contributed by atoms with Gasteiger partial charge < -0.3 is 4.18 Å². The van der Waals surface area contributed by atoms with E-state index >= 15 is 0 Å². The summed E-state index contributed by atoms with van der Waals surface area (Å²) in [4.78, 5) is 10.6. The Hall–Kier alpha value is -0.960. The van der Waals surface area contributed by atoms with Crippen LogP contribution in [0.1, 0.15) is 0 Å². The van der Waals surface area contributed by atoms with Crippen molar-refractivity contribution in [2.24, 2.45) is 0 Å². The average molecular weight is 156 g/mol. The molecule has 0 aromatic carbocycles. The number of thiol groups is 1. The van der Waals surface area contributed by atoms with Gasteiger partial charge in [-0.2, -0.15) is 0 Å². The van der Waals surface area contributed by atoms with E-state index in [1.165, 1.54) is 6.08 Å². The zero-order chi connectivity index (χ0) is 7.40. The summed E-state index contributed by atoms with van der Waals surface area (Å²) in [5.74, 6) is -0.359. The van der Waals surface area contributed by atoms with Gasteiger partial charge in [0.1, 0.15) is 0 Å². The maximum atomic E-state index is 10.6. The van der Waals surface area contributed by atoms with Crippen LogP contribution in [0.4, 0.5) is 0 Å². The molecule has 1 aliphatic rings. The summed E-state index contributed by atoms with van der Waals surface area (Å²) in [6, 6.07) is 0. The molecule has 0 saturated carbocycles. The topological polar surface area (TPSA) is 26.3 Å². The van der Waals surface area contributed by atoms with E-state index in [0.29, 0.717) is 0 Å². The van der Waals surface area contributed by atoms with E-state index in [4.69, 9.17) is 4.18 Å². The van der Waals surface area contributed by atoms with Crippen LogP contribution in [0.2, 0.25) is 0 Å². The van der Waals surface area contributed by atoms with Gasteiger partial charge in [0.2, 0.25) is 0 Å². The lowest BCUT2D eigenvalue weighted by molar-refractivity contribution is -0.127. The maximum Gasteiger partial charge on any atom is 0.340 e. The Balaban J connectivity index is 2.39. The SMILES string of the molecule is C=CC(=O)O[SH]1C=CC=C1. The van der Waals surface area contributed by atoms with Crippen LogP contribution in [0.15, 0.2) is 35.6 Å². The van der Waals surface area contributed by atoms with Crippen molar-refractivity contribution in [2.45, 2.75) is 0 Å². The van der Waals surface area contributed by atoms with E-state index in [2.05, 4.69) is 6.58 Å². The molecule has 0 radical (unpaired) electrons. The van der Waals surface area contributed by atoms with Crippen molar-refractivity contribution in [1.29, 1.82) is 0 Å². The Morgan fingerprint density at radius 3 is 2.60 bits per heavy atom. The summed E-state index contributed by atoms with van der Waals surface area (Å²) < 4.78 is 4.89. The molecular formula is C7H8O2S. The molecule has 0 saturated heterocycles. The van der Waals surface area contributed by atoms with Gasteiger partial charge in [0, 0.05) is 6.08 Å². The van der Waals surface area contributed by atoms with E-state index in [1.807, 2.05) is 23.0 Å². The summed E-state index contributed by atoms with van der Waals surface area (Å²) in [6.45, 7) is 3.29. The second kappa shape index (κ2) is 3.27. The van der Waals surface area contributed by atoms with Crippen molar-refractivity contribution >= 4 is 17.1 Å². The molecule has 0 spiro atoms. The van der Waals surface area contributed by atoms with Gasteiger partial charge in [0.05, 0.1) is 0 Å². The largest absolute Gasteiger partial charge is 0.407 e. The lowest BCUT2D eigenvalue weighted by atomic mass is 10.6. The fraction of sp³-hybridized carbons (Fsp3) is 0. The first-order chi connectivity index (χ1) is 4.83. The van der Waals surface area contributed by atoms with Crippen LogP contribution in [0, 0.1) is 0 Å². The zero-order valence-electron chi connectivity index (χ0n) is 5.36. The highest BCUT2D eigenvalue weighted by atomic mass is 32.2. The van der Waals surface area contributed by atoms with Gasteiger partial charge in [-0.15, -0.1) is 0 Å². The van der Waals surface area contributed by atoms with E-state index < -0.39 is 11.2 Å². The fourth-order valence-corrected chi connectivity index (χ4v) is 1.56. The highest BCUT2D eigenvalue weighted by Gasteiger charge is 2.02. The molecule has 54 valence electrons. The van der Waals surface area contributed by atoms with Gasteiger partial charge in [-0.3, -0.25) is 0 Å². The molecule has 0 atom stereocenters. The maximum absolute atomic E-state index is 10.6. The van der Waals surface area contributed by atoms with Crippen molar-refractivity contribution < 1.29 is 8.98 Å². The predicted octanol–water partition coefficient (Wildman–Crippen LogP) is 1.67. The number of carbonyl (C=O) groups is 1. The molecule has 3 heteroatoms. The smallest absolute Gasteiger partial charge is 0.340 e. The van der Waals surface area contributed by atoms with Gasteiger partial charge in [-0.05, 0) is 10.8 Å². The molecule has 0 aromatic rings. The molecule has 0 unspecified atom stereocenters. The number of hydrogen-bond donors (Lipinski definition) is 1. The van der Waals surface area contributed by atoms with Crippen LogP contribution in [0.3, 0.4) is 0 Å². The molecule has 10 heavy (non-hydrogen) atoms. The van der Waals surface area contributed by atoms with E-state index in [0.717, 1.165) is 0 Å². The van der Waals surface area contributed by atoms with E-state index in [1.54, 1.807) is 0 Å². The predicted molar refractivity (Wildman–Crippen MR) is 43.6 cm³/mol. The highest BCUT2D eigenvalue weighted by Crippen LogP contribution is 2.33. The summed E-state index contributed by atoms with van der Waals surface area (Å²) in [5, 5.41) is 3.72.